The van der Waals surface area contributed by atoms with Gasteiger partial charge in [-0.15, -0.1) is 0 Å². The molecule has 1 saturated heterocycles. The van der Waals surface area contributed by atoms with E-state index in [1.54, 1.807) is 19.1 Å². The number of amides is 1. The van der Waals surface area contributed by atoms with Gasteiger partial charge in [-0.3, -0.25) is 9.69 Å². The molecule has 0 atom stereocenters. The normalized spacial score (nSPS) is 15.7. The first kappa shape index (κ1) is 24.6. The smallest absolute Gasteiger partial charge is 0.266 e. The van der Waals surface area contributed by atoms with Crippen LogP contribution in [0.15, 0.2) is 88.8 Å². The van der Waals surface area contributed by atoms with E-state index in [0.29, 0.717) is 41.3 Å². The lowest BCUT2D eigenvalue weighted by Gasteiger charge is -2.15. The number of ether oxygens (including phenoxy) is 3. The van der Waals surface area contributed by atoms with Crippen LogP contribution in [0.25, 0.3) is 6.08 Å². The lowest BCUT2D eigenvalue weighted by molar-refractivity contribution is -0.122. The number of hydrogen-bond acceptors (Lipinski definition) is 6. The van der Waals surface area contributed by atoms with E-state index in [2.05, 4.69) is 0 Å². The first-order valence-corrected chi connectivity index (χ1v) is 12.2. The van der Waals surface area contributed by atoms with Gasteiger partial charge in [0.2, 0.25) is 0 Å². The zero-order valence-electron chi connectivity index (χ0n) is 19.8. The second-order valence-electron chi connectivity index (χ2n) is 7.83. The fourth-order valence-corrected chi connectivity index (χ4v) is 4.58. The summed E-state index contributed by atoms with van der Waals surface area (Å²) in [7, 11) is 3.27. The molecule has 0 radical (unpaired) electrons. The van der Waals surface area contributed by atoms with Crippen molar-refractivity contribution in [3.8, 4) is 11.5 Å². The van der Waals surface area contributed by atoms with Crippen molar-refractivity contribution >= 4 is 34.6 Å². The molecule has 0 spiro atoms. The summed E-state index contributed by atoms with van der Waals surface area (Å²) in [6.07, 6.45) is 2.60. The van der Waals surface area contributed by atoms with Crippen LogP contribution < -0.4 is 9.47 Å². The van der Waals surface area contributed by atoms with E-state index in [4.69, 9.17) is 19.2 Å². The SMILES string of the molecule is COCCCN1C(=O)/C(=C/c2ccc(OC)c(OCc3ccccc3)c2)SC1=Nc1ccccc1. The van der Waals surface area contributed by atoms with Crippen molar-refractivity contribution in [3.05, 3.63) is 94.9 Å². The molecule has 35 heavy (non-hydrogen) atoms. The molecule has 7 heteroatoms. The molecule has 1 aliphatic rings. The number of benzene rings is 3. The monoisotopic (exact) mass is 488 g/mol. The third-order valence-corrected chi connectivity index (χ3v) is 6.33. The summed E-state index contributed by atoms with van der Waals surface area (Å²) in [6, 6.07) is 25.3. The highest BCUT2D eigenvalue weighted by Gasteiger charge is 2.33. The molecule has 4 rings (SSSR count). The van der Waals surface area contributed by atoms with E-state index in [1.807, 2.05) is 84.9 Å². The van der Waals surface area contributed by atoms with Gasteiger partial charge in [0.1, 0.15) is 6.61 Å². The zero-order chi connectivity index (χ0) is 24.5. The Labute approximate surface area is 210 Å². The number of thioether (sulfide) groups is 1. The van der Waals surface area contributed by atoms with Crippen LogP contribution in [0.5, 0.6) is 11.5 Å². The predicted molar refractivity (Wildman–Crippen MR) is 141 cm³/mol. The van der Waals surface area contributed by atoms with Gasteiger partial charge in [0.05, 0.1) is 17.7 Å². The van der Waals surface area contributed by atoms with Crippen LogP contribution in [0.3, 0.4) is 0 Å². The fourth-order valence-electron chi connectivity index (χ4n) is 3.55. The van der Waals surface area contributed by atoms with Gasteiger partial charge in [-0.1, -0.05) is 54.6 Å². The number of aliphatic imine (C=N–C) groups is 1. The second-order valence-corrected chi connectivity index (χ2v) is 8.84. The molecule has 1 aliphatic heterocycles. The van der Waals surface area contributed by atoms with Crippen molar-refractivity contribution in [2.45, 2.75) is 13.0 Å². The van der Waals surface area contributed by atoms with Gasteiger partial charge in [-0.25, -0.2) is 4.99 Å². The lowest BCUT2D eigenvalue weighted by Crippen LogP contribution is -2.30. The fraction of sp³-hybridized carbons (Fsp3) is 0.214. The Morgan fingerprint density at radius 1 is 0.943 bits per heavy atom. The molecule has 0 aromatic heterocycles. The third kappa shape index (κ3) is 6.53. The summed E-state index contributed by atoms with van der Waals surface area (Å²) >= 11 is 1.38. The van der Waals surface area contributed by atoms with E-state index >= 15 is 0 Å². The maximum Gasteiger partial charge on any atom is 0.266 e. The lowest BCUT2D eigenvalue weighted by atomic mass is 10.1. The molecular weight excluding hydrogens is 460 g/mol. The molecule has 180 valence electrons. The van der Waals surface area contributed by atoms with E-state index < -0.39 is 0 Å². The van der Waals surface area contributed by atoms with E-state index in [0.717, 1.165) is 23.2 Å². The highest BCUT2D eigenvalue weighted by atomic mass is 32.2. The highest BCUT2D eigenvalue weighted by Crippen LogP contribution is 2.36. The van der Waals surface area contributed by atoms with Crippen LogP contribution in [0, 0.1) is 0 Å². The molecule has 1 fully saturated rings. The molecule has 3 aromatic carbocycles. The Hall–Kier alpha value is -3.55. The number of hydrogen-bond donors (Lipinski definition) is 0. The summed E-state index contributed by atoms with van der Waals surface area (Å²) in [5, 5.41) is 0.664. The van der Waals surface area contributed by atoms with E-state index in [-0.39, 0.29) is 5.91 Å². The Morgan fingerprint density at radius 2 is 1.69 bits per heavy atom. The molecule has 6 nitrogen and oxygen atoms in total. The summed E-state index contributed by atoms with van der Waals surface area (Å²) in [6.45, 7) is 1.54. The Morgan fingerprint density at radius 3 is 2.40 bits per heavy atom. The average molecular weight is 489 g/mol. The van der Waals surface area contributed by atoms with Crippen molar-refractivity contribution in [2.24, 2.45) is 4.99 Å². The van der Waals surface area contributed by atoms with E-state index in [1.165, 1.54) is 11.8 Å². The number of carbonyl (C=O) groups excluding carboxylic acids is 1. The summed E-state index contributed by atoms with van der Waals surface area (Å²) in [4.78, 5) is 20.3. The van der Waals surface area contributed by atoms with Gasteiger partial charge in [0, 0.05) is 20.3 Å². The van der Waals surface area contributed by atoms with E-state index in [9.17, 15) is 4.79 Å². The molecule has 0 N–H and O–H groups in total. The summed E-state index contributed by atoms with van der Waals surface area (Å²) in [5.74, 6) is 1.20. The van der Waals surface area contributed by atoms with Gasteiger partial charge in [-0.2, -0.15) is 0 Å². The summed E-state index contributed by atoms with van der Waals surface area (Å²) in [5.41, 5.74) is 2.72. The maximum atomic E-state index is 13.3. The van der Waals surface area contributed by atoms with Crippen molar-refractivity contribution in [1.82, 2.24) is 4.90 Å². The first-order valence-electron chi connectivity index (χ1n) is 11.4. The Kier molecular flexibility index (Phi) is 8.59. The maximum absolute atomic E-state index is 13.3. The third-order valence-electron chi connectivity index (χ3n) is 5.32. The van der Waals surface area contributed by atoms with Crippen LogP contribution in [-0.2, 0) is 16.1 Å². The van der Waals surface area contributed by atoms with Gasteiger partial charge in [0.15, 0.2) is 16.7 Å². The van der Waals surface area contributed by atoms with Crippen molar-refractivity contribution in [3.63, 3.8) is 0 Å². The van der Waals surface area contributed by atoms with Crippen molar-refractivity contribution in [1.29, 1.82) is 0 Å². The number of para-hydroxylation sites is 1. The molecule has 0 unspecified atom stereocenters. The minimum Gasteiger partial charge on any atom is -0.493 e. The Balaban J connectivity index is 1.58. The van der Waals surface area contributed by atoms with Gasteiger partial charge in [0.25, 0.3) is 5.91 Å². The Bertz CT molecular complexity index is 1200. The van der Waals surface area contributed by atoms with Gasteiger partial charge in [-0.05, 0) is 59.7 Å². The first-order chi connectivity index (χ1) is 17.2. The minimum atomic E-state index is -0.0663. The second kappa shape index (κ2) is 12.2. The van der Waals surface area contributed by atoms with Crippen LogP contribution in [0.4, 0.5) is 5.69 Å². The van der Waals surface area contributed by atoms with Crippen molar-refractivity contribution in [2.75, 3.05) is 27.4 Å². The van der Waals surface area contributed by atoms with Crippen LogP contribution in [0.2, 0.25) is 0 Å². The van der Waals surface area contributed by atoms with Crippen LogP contribution >= 0.6 is 11.8 Å². The molecule has 0 bridgehead atoms. The molecule has 1 amide bonds. The standard InChI is InChI=1S/C28H28N2O4S/c1-32-17-9-16-30-27(31)26(35-28(30)29-23-12-7-4-8-13-23)19-22-14-15-24(33-2)25(18-22)34-20-21-10-5-3-6-11-21/h3-8,10-15,18-19H,9,16-17,20H2,1-2H3/b26-19-,29-28?. The van der Waals surface area contributed by atoms with Crippen molar-refractivity contribution < 1.29 is 19.0 Å². The molecule has 1 heterocycles. The predicted octanol–water partition coefficient (Wildman–Crippen LogP) is 5.91. The van der Waals surface area contributed by atoms with Crippen LogP contribution in [-0.4, -0.2) is 43.3 Å². The van der Waals surface area contributed by atoms with Gasteiger partial charge >= 0.3 is 0 Å². The summed E-state index contributed by atoms with van der Waals surface area (Å²) < 4.78 is 16.7. The molecule has 0 aliphatic carbocycles. The number of carbonyl (C=O) groups is 1. The largest absolute Gasteiger partial charge is 0.493 e. The number of rotatable bonds is 10. The topological polar surface area (TPSA) is 60.4 Å². The quantitative estimate of drug-likeness (QED) is 0.262. The van der Waals surface area contributed by atoms with Gasteiger partial charge < -0.3 is 14.2 Å². The zero-order valence-corrected chi connectivity index (χ0v) is 20.7. The minimum absolute atomic E-state index is 0.0663. The highest BCUT2D eigenvalue weighted by molar-refractivity contribution is 8.18. The average Bonchev–Trinajstić information content (AvgIpc) is 3.18. The number of amidine groups is 1. The molecular formula is C28H28N2O4S. The van der Waals surface area contributed by atoms with Crippen LogP contribution in [0.1, 0.15) is 17.5 Å². The number of nitrogens with zero attached hydrogens (tertiary/aromatic N) is 2. The molecule has 3 aromatic rings. The molecule has 0 saturated carbocycles. The number of methoxy groups -OCH3 is 2.